The van der Waals surface area contributed by atoms with Crippen molar-refractivity contribution in [1.29, 1.82) is 0 Å². The summed E-state index contributed by atoms with van der Waals surface area (Å²) in [7, 11) is 0. The van der Waals surface area contributed by atoms with Gasteiger partial charge in [-0.25, -0.2) is 0 Å². The molecule has 1 fully saturated rings. The van der Waals surface area contributed by atoms with Gasteiger partial charge in [0.1, 0.15) is 0 Å². The van der Waals surface area contributed by atoms with Crippen LogP contribution in [0.4, 0.5) is 0 Å². The van der Waals surface area contributed by atoms with E-state index in [1.807, 2.05) is 30.3 Å². The molecular weight excluding hydrogens is 375 g/mol. The maximum absolute atomic E-state index is 10.3. The van der Waals surface area contributed by atoms with Crippen LogP contribution < -0.4 is 0 Å². The fraction of sp³-hybridized carbons (Fsp3) is 0.471. The van der Waals surface area contributed by atoms with Gasteiger partial charge in [-0.05, 0) is 59.2 Å². The van der Waals surface area contributed by atoms with Crippen LogP contribution in [0.1, 0.15) is 55.5 Å². The topological polar surface area (TPSA) is 38.0 Å². The van der Waals surface area contributed by atoms with Gasteiger partial charge < -0.3 is 5.11 Å². The number of hydrogen-bond donors (Lipinski definition) is 1. The molecule has 1 heterocycles. The van der Waals surface area contributed by atoms with Crippen molar-refractivity contribution in [2.24, 2.45) is 0 Å². The van der Waals surface area contributed by atoms with Crippen LogP contribution >= 0.6 is 22.6 Å². The molecule has 21 heavy (non-hydrogen) atoms. The average Bonchev–Trinajstić information content (AvgIpc) is 2.97. The van der Waals surface area contributed by atoms with Gasteiger partial charge in [-0.15, -0.1) is 0 Å². The molecule has 1 atom stereocenters. The van der Waals surface area contributed by atoms with Crippen LogP contribution in [0, 0.1) is 3.57 Å². The van der Waals surface area contributed by atoms with Crippen LogP contribution in [0.15, 0.2) is 36.5 Å². The predicted octanol–water partition coefficient (Wildman–Crippen LogP) is 4.27. The van der Waals surface area contributed by atoms with Gasteiger partial charge in [0.05, 0.1) is 17.8 Å². The van der Waals surface area contributed by atoms with Crippen molar-refractivity contribution in [1.82, 2.24) is 9.78 Å². The smallest absolute Gasteiger partial charge is 0.0846 e. The summed E-state index contributed by atoms with van der Waals surface area (Å²) in [4.78, 5) is 0. The van der Waals surface area contributed by atoms with Crippen molar-refractivity contribution in [3.05, 3.63) is 51.4 Å². The van der Waals surface area contributed by atoms with E-state index in [9.17, 15) is 5.11 Å². The third kappa shape index (κ3) is 3.86. The van der Waals surface area contributed by atoms with Crippen LogP contribution in [0.2, 0.25) is 0 Å². The molecule has 4 heteroatoms. The third-order valence-electron chi connectivity index (χ3n) is 4.27. The van der Waals surface area contributed by atoms with Crippen molar-refractivity contribution in [2.75, 3.05) is 0 Å². The highest BCUT2D eigenvalue weighted by atomic mass is 127. The molecule has 1 aliphatic carbocycles. The molecule has 0 amide bonds. The van der Waals surface area contributed by atoms with Gasteiger partial charge in [0.25, 0.3) is 0 Å². The summed E-state index contributed by atoms with van der Waals surface area (Å²) in [6, 6.07) is 10.6. The van der Waals surface area contributed by atoms with Gasteiger partial charge in [0.15, 0.2) is 0 Å². The Kier molecular flexibility index (Phi) is 4.95. The lowest BCUT2D eigenvalue weighted by molar-refractivity contribution is 0.176. The largest absolute Gasteiger partial charge is 0.388 e. The molecule has 0 bridgehead atoms. The molecule has 1 unspecified atom stereocenters. The van der Waals surface area contributed by atoms with Crippen molar-refractivity contribution < 1.29 is 5.11 Å². The molecule has 3 nitrogen and oxygen atoms in total. The zero-order valence-corrected chi connectivity index (χ0v) is 14.2. The fourth-order valence-corrected chi connectivity index (χ4v) is 3.40. The molecular formula is C17H21IN2O. The highest BCUT2D eigenvalue weighted by Crippen LogP contribution is 2.28. The van der Waals surface area contributed by atoms with E-state index in [2.05, 4.69) is 38.6 Å². The zero-order valence-electron chi connectivity index (χ0n) is 12.1. The summed E-state index contributed by atoms with van der Waals surface area (Å²) in [5.74, 6) is 0. The number of rotatable bonds is 4. The fourth-order valence-electron chi connectivity index (χ4n) is 3.04. The van der Waals surface area contributed by atoms with Gasteiger partial charge in [-0.3, -0.25) is 4.68 Å². The molecule has 1 aromatic heterocycles. The van der Waals surface area contributed by atoms with Crippen LogP contribution in [0.25, 0.3) is 0 Å². The first-order chi connectivity index (χ1) is 10.2. The van der Waals surface area contributed by atoms with Gasteiger partial charge in [0.2, 0.25) is 0 Å². The number of aliphatic hydroxyl groups is 1. The summed E-state index contributed by atoms with van der Waals surface area (Å²) >= 11 is 2.27. The Bertz CT molecular complexity index is 573. The molecule has 1 N–H and O–H groups in total. The van der Waals surface area contributed by atoms with Crippen molar-refractivity contribution in [3.63, 3.8) is 0 Å². The van der Waals surface area contributed by atoms with E-state index >= 15 is 0 Å². The van der Waals surface area contributed by atoms with Crippen molar-refractivity contribution >= 4 is 22.6 Å². The second-order valence-electron chi connectivity index (χ2n) is 5.85. The Hall–Kier alpha value is -0.880. The maximum atomic E-state index is 10.3. The van der Waals surface area contributed by atoms with E-state index in [1.165, 1.54) is 35.7 Å². The lowest BCUT2D eigenvalue weighted by Crippen LogP contribution is -2.13. The standard InChI is InChI=1S/C17H21IN2O/c18-14-8-6-13(7-9-14)17(21)12-15-10-11-20(19-15)16-4-2-1-3-5-16/h6-11,16-17,21H,1-5,12H2. The zero-order chi connectivity index (χ0) is 14.7. The first-order valence-electron chi connectivity index (χ1n) is 7.70. The van der Waals surface area contributed by atoms with E-state index in [4.69, 9.17) is 0 Å². The van der Waals surface area contributed by atoms with Gasteiger partial charge in [-0.2, -0.15) is 5.10 Å². The van der Waals surface area contributed by atoms with E-state index < -0.39 is 6.10 Å². The minimum atomic E-state index is -0.475. The van der Waals surface area contributed by atoms with Crippen molar-refractivity contribution in [2.45, 2.75) is 50.7 Å². The molecule has 112 valence electrons. The second kappa shape index (κ2) is 6.92. The Morgan fingerprint density at radius 1 is 1.14 bits per heavy atom. The SMILES string of the molecule is OC(Cc1ccn(C2CCCCC2)n1)c1ccc(I)cc1. The third-order valence-corrected chi connectivity index (χ3v) is 4.99. The Balaban J connectivity index is 1.64. The molecule has 1 saturated carbocycles. The minimum Gasteiger partial charge on any atom is -0.388 e. The molecule has 3 rings (SSSR count). The second-order valence-corrected chi connectivity index (χ2v) is 7.10. The highest BCUT2D eigenvalue weighted by Gasteiger charge is 2.17. The van der Waals surface area contributed by atoms with Crippen molar-refractivity contribution in [3.8, 4) is 0 Å². The number of hydrogen-bond acceptors (Lipinski definition) is 2. The lowest BCUT2D eigenvalue weighted by Gasteiger charge is -2.21. The summed E-state index contributed by atoms with van der Waals surface area (Å²) < 4.78 is 3.29. The van der Waals surface area contributed by atoms with E-state index in [-0.39, 0.29) is 0 Å². The van der Waals surface area contributed by atoms with Crippen LogP contribution in [0.3, 0.4) is 0 Å². The Morgan fingerprint density at radius 3 is 2.57 bits per heavy atom. The number of aromatic nitrogens is 2. The Labute approximate surface area is 139 Å². The van der Waals surface area contributed by atoms with Gasteiger partial charge in [0, 0.05) is 16.2 Å². The minimum absolute atomic E-state index is 0.475. The summed E-state index contributed by atoms with van der Waals surface area (Å²) in [5.41, 5.74) is 1.94. The molecule has 0 spiro atoms. The molecule has 0 radical (unpaired) electrons. The summed E-state index contributed by atoms with van der Waals surface area (Å²) in [5, 5.41) is 15.0. The van der Waals surface area contributed by atoms with E-state index in [0.29, 0.717) is 12.5 Å². The summed E-state index contributed by atoms with van der Waals surface area (Å²) in [6.07, 6.45) is 8.64. The average molecular weight is 396 g/mol. The van der Waals surface area contributed by atoms with Gasteiger partial charge in [-0.1, -0.05) is 31.4 Å². The van der Waals surface area contributed by atoms with Crippen LogP contribution in [-0.2, 0) is 6.42 Å². The first kappa shape index (κ1) is 15.0. The first-order valence-corrected chi connectivity index (χ1v) is 8.78. The molecule has 0 aliphatic heterocycles. The number of benzene rings is 1. The lowest BCUT2D eigenvalue weighted by atomic mass is 9.96. The summed E-state index contributed by atoms with van der Waals surface area (Å²) in [6.45, 7) is 0. The van der Waals surface area contributed by atoms with E-state index in [0.717, 1.165) is 11.3 Å². The number of halogens is 1. The molecule has 1 aliphatic rings. The monoisotopic (exact) mass is 396 g/mol. The normalized spacial score (nSPS) is 17.8. The highest BCUT2D eigenvalue weighted by molar-refractivity contribution is 14.1. The number of nitrogens with zero attached hydrogens (tertiary/aromatic N) is 2. The predicted molar refractivity (Wildman–Crippen MR) is 92.2 cm³/mol. The Morgan fingerprint density at radius 2 is 1.86 bits per heavy atom. The van der Waals surface area contributed by atoms with Crippen LogP contribution in [0.5, 0.6) is 0 Å². The molecule has 1 aromatic carbocycles. The number of aliphatic hydroxyl groups excluding tert-OH is 1. The van der Waals surface area contributed by atoms with E-state index in [1.54, 1.807) is 0 Å². The molecule has 2 aromatic rings. The quantitative estimate of drug-likeness (QED) is 0.784. The maximum Gasteiger partial charge on any atom is 0.0846 e. The van der Waals surface area contributed by atoms with Gasteiger partial charge >= 0.3 is 0 Å². The van der Waals surface area contributed by atoms with Crippen LogP contribution in [-0.4, -0.2) is 14.9 Å². The molecule has 0 saturated heterocycles.